The van der Waals surface area contributed by atoms with E-state index in [9.17, 15) is 20.1 Å². The second kappa shape index (κ2) is 7.57. The lowest BCUT2D eigenvalue weighted by Crippen LogP contribution is -2.66. The third kappa shape index (κ3) is 3.02. The molecule has 0 radical (unpaired) electrons. The van der Waals surface area contributed by atoms with Crippen molar-refractivity contribution in [2.75, 3.05) is 13.2 Å². The first-order valence-corrected chi connectivity index (χ1v) is 10.7. The fourth-order valence-corrected chi connectivity index (χ4v) is 5.82. The fourth-order valence-electron chi connectivity index (χ4n) is 5.82. The Hall–Kier alpha value is -1.51. The molecule has 4 aliphatic rings. The van der Waals surface area contributed by atoms with Crippen molar-refractivity contribution in [2.45, 2.75) is 76.2 Å². The van der Waals surface area contributed by atoms with E-state index in [2.05, 4.69) is 19.9 Å². The highest BCUT2D eigenvalue weighted by molar-refractivity contribution is 5.82. The van der Waals surface area contributed by atoms with Crippen LogP contribution in [0.15, 0.2) is 36.0 Å². The molecule has 2 saturated heterocycles. The Kier molecular flexibility index (Phi) is 5.48. The first-order valence-electron chi connectivity index (χ1n) is 10.7. The maximum Gasteiger partial charge on any atom is 0.331 e. The number of rotatable bonds is 6. The van der Waals surface area contributed by atoms with E-state index in [4.69, 9.17) is 14.2 Å². The van der Waals surface area contributed by atoms with Crippen molar-refractivity contribution in [2.24, 2.45) is 10.8 Å². The summed E-state index contributed by atoms with van der Waals surface area (Å²) in [7, 11) is 0. The van der Waals surface area contributed by atoms with Gasteiger partial charge in [-0.15, -0.1) is 0 Å². The lowest BCUT2D eigenvalue weighted by atomic mass is 9.51. The molecule has 2 aliphatic heterocycles. The van der Waals surface area contributed by atoms with Crippen LogP contribution in [0.3, 0.4) is 0 Å². The predicted octanol–water partition coefficient (Wildman–Crippen LogP) is 1.42. The van der Waals surface area contributed by atoms with E-state index in [0.717, 1.165) is 12.8 Å². The monoisotopic (exact) mass is 420 g/mol. The first-order chi connectivity index (χ1) is 14.2. The summed E-state index contributed by atoms with van der Waals surface area (Å²) in [6.07, 6.45) is 7.27. The van der Waals surface area contributed by atoms with Gasteiger partial charge in [0.1, 0.15) is 11.7 Å². The maximum absolute atomic E-state index is 12.5. The number of ether oxygens (including phenoxy) is 3. The molecule has 2 heterocycles. The minimum absolute atomic E-state index is 0.0559. The smallest absolute Gasteiger partial charge is 0.331 e. The Morgan fingerprint density at radius 3 is 2.77 bits per heavy atom. The lowest BCUT2D eigenvalue weighted by molar-refractivity contribution is -0.228. The van der Waals surface area contributed by atoms with Gasteiger partial charge in [0.05, 0.1) is 37.6 Å². The van der Waals surface area contributed by atoms with Crippen LogP contribution in [0.4, 0.5) is 0 Å². The Morgan fingerprint density at radius 1 is 1.40 bits per heavy atom. The van der Waals surface area contributed by atoms with Gasteiger partial charge in [-0.05, 0) is 26.7 Å². The zero-order valence-corrected chi connectivity index (χ0v) is 17.8. The summed E-state index contributed by atoms with van der Waals surface area (Å²) < 4.78 is 18.3. The number of allylic oxidation sites excluding steroid dienone is 3. The van der Waals surface area contributed by atoms with Gasteiger partial charge in [-0.25, -0.2) is 4.79 Å². The molecule has 1 spiro atoms. The summed E-state index contributed by atoms with van der Waals surface area (Å²) >= 11 is 0. The van der Waals surface area contributed by atoms with Gasteiger partial charge in [0, 0.05) is 23.3 Å². The van der Waals surface area contributed by atoms with Gasteiger partial charge in [0.2, 0.25) is 0 Å². The van der Waals surface area contributed by atoms with E-state index >= 15 is 0 Å². The molecule has 8 atom stereocenters. The summed E-state index contributed by atoms with van der Waals surface area (Å²) in [4.78, 5) is 12.5. The molecule has 0 amide bonds. The highest BCUT2D eigenvalue weighted by Crippen LogP contribution is 2.71. The second-order valence-electron chi connectivity index (χ2n) is 9.39. The third-order valence-electron chi connectivity index (χ3n) is 7.90. The molecule has 0 unspecified atom stereocenters. The van der Waals surface area contributed by atoms with Crippen LogP contribution in [0.2, 0.25) is 0 Å². The maximum atomic E-state index is 12.5. The van der Waals surface area contributed by atoms with Gasteiger partial charge in [0.25, 0.3) is 0 Å². The molecule has 2 aliphatic carbocycles. The summed E-state index contributed by atoms with van der Waals surface area (Å²) in [5.74, 6) is -0.493. The van der Waals surface area contributed by atoms with Crippen molar-refractivity contribution < 1.29 is 34.3 Å². The number of aliphatic hydroxyl groups is 3. The van der Waals surface area contributed by atoms with E-state index in [1.165, 1.54) is 36.8 Å². The molecule has 0 aromatic rings. The summed E-state index contributed by atoms with van der Waals surface area (Å²) in [6.45, 7) is 6.14. The third-order valence-corrected chi connectivity index (χ3v) is 7.90. The molecule has 0 aromatic carbocycles. The number of esters is 1. The van der Waals surface area contributed by atoms with E-state index in [0.29, 0.717) is 13.0 Å². The van der Waals surface area contributed by atoms with Gasteiger partial charge in [-0.3, -0.25) is 0 Å². The Balaban J connectivity index is 1.55. The molecule has 166 valence electrons. The molecule has 7 nitrogen and oxygen atoms in total. The van der Waals surface area contributed by atoms with Crippen LogP contribution in [0.1, 0.15) is 40.0 Å². The zero-order chi connectivity index (χ0) is 21.7. The molecule has 2 bridgehead atoms. The lowest BCUT2D eigenvalue weighted by Gasteiger charge is -2.58. The van der Waals surface area contributed by atoms with Gasteiger partial charge < -0.3 is 29.5 Å². The SMILES string of the molecule is CC1=C[C@H]2O[C@@H]3C[C@@H](OC(=O)/C=C\C=C\[C@@H](O)[C@@H](C)O)[C@](C)([C@@]2(CO)CC1)[C@]31CO1. The zero-order valence-electron chi connectivity index (χ0n) is 17.8. The highest BCUT2D eigenvalue weighted by Gasteiger charge is 2.82. The molecule has 0 aromatic heterocycles. The molecule has 3 N–H and O–H groups in total. The van der Waals surface area contributed by atoms with Crippen molar-refractivity contribution in [3.8, 4) is 0 Å². The number of fused-ring (bicyclic) bond motifs is 2. The molecule has 1 saturated carbocycles. The fraction of sp³-hybridized carbons (Fsp3) is 0.696. The van der Waals surface area contributed by atoms with E-state index in [1.807, 2.05) is 0 Å². The van der Waals surface area contributed by atoms with Crippen LogP contribution in [0.5, 0.6) is 0 Å². The van der Waals surface area contributed by atoms with Crippen molar-refractivity contribution in [3.63, 3.8) is 0 Å². The average Bonchev–Trinajstić information content (AvgIpc) is 3.48. The Labute approximate surface area is 177 Å². The van der Waals surface area contributed by atoms with Crippen molar-refractivity contribution >= 4 is 5.97 Å². The normalized spacial score (nSPS) is 44.2. The van der Waals surface area contributed by atoms with Crippen LogP contribution >= 0.6 is 0 Å². The van der Waals surface area contributed by atoms with Crippen LogP contribution in [-0.4, -0.2) is 70.6 Å². The van der Waals surface area contributed by atoms with Gasteiger partial charge in [-0.1, -0.05) is 36.8 Å². The molecule has 7 heteroatoms. The summed E-state index contributed by atoms with van der Waals surface area (Å²) in [5, 5.41) is 29.4. The number of carbonyl (C=O) groups is 1. The summed E-state index contributed by atoms with van der Waals surface area (Å²) in [6, 6.07) is 0. The molecule has 4 rings (SSSR count). The van der Waals surface area contributed by atoms with Gasteiger partial charge in [-0.2, -0.15) is 0 Å². The first kappa shape index (κ1) is 21.7. The number of hydrogen-bond acceptors (Lipinski definition) is 7. The minimum Gasteiger partial charge on any atom is -0.458 e. The topological polar surface area (TPSA) is 109 Å². The minimum atomic E-state index is -0.994. The van der Waals surface area contributed by atoms with E-state index in [-0.39, 0.29) is 18.8 Å². The number of carbonyl (C=O) groups excluding carboxylic acids is 1. The van der Waals surface area contributed by atoms with Crippen LogP contribution in [-0.2, 0) is 19.0 Å². The molecule has 3 fully saturated rings. The standard InChI is InChI=1S/C23H32O7/c1-14-8-9-22(12-24)18(10-14)29-19-11-17(21(22,3)23(19)13-28-23)30-20(27)7-5-4-6-16(26)15(2)25/h4-7,10,15-19,24-26H,8-9,11-13H2,1-3H3/b6-4+,7-5-/t15-,16-,17-,18-,19-,21-,22-,23+/m1/s1. The van der Waals surface area contributed by atoms with Crippen LogP contribution < -0.4 is 0 Å². The summed E-state index contributed by atoms with van der Waals surface area (Å²) in [5.41, 5.74) is -0.378. The van der Waals surface area contributed by atoms with Crippen molar-refractivity contribution in [3.05, 3.63) is 36.0 Å². The Morgan fingerprint density at radius 2 is 2.13 bits per heavy atom. The number of hydrogen-bond donors (Lipinski definition) is 3. The quantitative estimate of drug-likeness (QED) is 0.196. The largest absolute Gasteiger partial charge is 0.458 e. The average molecular weight is 421 g/mol. The van der Waals surface area contributed by atoms with Gasteiger partial charge >= 0.3 is 5.97 Å². The predicted molar refractivity (Wildman–Crippen MR) is 108 cm³/mol. The second-order valence-corrected chi connectivity index (χ2v) is 9.39. The van der Waals surface area contributed by atoms with E-state index in [1.54, 1.807) is 0 Å². The Bertz CT molecular complexity index is 780. The number of epoxide rings is 1. The van der Waals surface area contributed by atoms with E-state index < -0.39 is 40.7 Å². The van der Waals surface area contributed by atoms with Crippen molar-refractivity contribution in [1.29, 1.82) is 0 Å². The van der Waals surface area contributed by atoms with Crippen molar-refractivity contribution in [1.82, 2.24) is 0 Å². The molecular formula is C23H32O7. The van der Waals surface area contributed by atoms with Crippen LogP contribution in [0.25, 0.3) is 0 Å². The molecular weight excluding hydrogens is 388 g/mol. The number of aliphatic hydroxyl groups excluding tert-OH is 3. The van der Waals surface area contributed by atoms with Gasteiger partial charge in [0.15, 0.2) is 0 Å². The van der Waals surface area contributed by atoms with Crippen LogP contribution in [0, 0.1) is 10.8 Å². The molecule has 30 heavy (non-hydrogen) atoms. The highest BCUT2D eigenvalue weighted by atomic mass is 16.6.